The molecule has 0 bridgehead atoms. The molecule has 0 radical (unpaired) electrons. The molecule has 0 aromatic carbocycles. The van der Waals surface area contributed by atoms with E-state index in [1.54, 1.807) is 0 Å². The maximum atomic E-state index is 7.72. The fraction of sp³-hybridized carbons (Fsp3) is 1.00. The van der Waals surface area contributed by atoms with Crippen molar-refractivity contribution in [2.24, 2.45) is 0 Å². The van der Waals surface area contributed by atoms with E-state index in [0.29, 0.717) is 0 Å². The Morgan fingerprint density at radius 2 is 1.20 bits per heavy atom. The van der Waals surface area contributed by atoms with E-state index in [1.165, 1.54) is 0 Å². The fourth-order valence-corrected chi connectivity index (χ4v) is 0. The molecule has 0 atom stereocenters. The summed E-state index contributed by atoms with van der Waals surface area (Å²) in [7, 11) is 0. The van der Waals surface area contributed by atoms with Crippen LogP contribution < -0.4 is 34.2 Å². The van der Waals surface area contributed by atoms with Crippen molar-refractivity contribution in [3.8, 4) is 0 Å². The minimum Gasteiger partial charge on any atom is -0.769 e. The van der Waals surface area contributed by atoms with Crippen LogP contribution in [-0.4, -0.2) is 5.48 Å². The van der Waals surface area contributed by atoms with Crippen molar-refractivity contribution in [3.63, 3.8) is 0 Å². The Morgan fingerprint density at radius 1 is 1.20 bits per heavy atom. The molecule has 0 amide bonds. The predicted molar refractivity (Wildman–Crippen MR) is 16.2 cm³/mol. The van der Waals surface area contributed by atoms with E-state index >= 15 is 0 Å². The quantitative estimate of drug-likeness (QED) is 0.295. The summed E-state index contributed by atoms with van der Waals surface area (Å²) in [4.78, 5) is 0. The second-order valence-electron chi connectivity index (χ2n) is 0. The van der Waals surface area contributed by atoms with Crippen LogP contribution in [-0.2, 0) is 0 Å². The standard InChI is InChI=1S/CH4.ClO.Na.H2O/c;1-2;;/h1H4;;;1H2/q;-1;+1;. The van der Waals surface area contributed by atoms with Crippen LogP contribution in [0.15, 0.2) is 0 Å². The van der Waals surface area contributed by atoms with Crippen LogP contribution >= 0.6 is 11.9 Å². The Bertz CT molecular complexity index is 9.61. The van der Waals surface area contributed by atoms with Gasteiger partial charge < -0.3 is 10.1 Å². The first-order chi connectivity index (χ1) is 1.00. The smallest absolute Gasteiger partial charge is 0.769 e. The van der Waals surface area contributed by atoms with Gasteiger partial charge in [-0.2, -0.15) is 0 Å². The van der Waals surface area contributed by atoms with E-state index in [1.807, 2.05) is 0 Å². The van der Waals surface area contributed by atoms with Crippen LogP contribution in [0.2, 0.25) is 0 Å². The monoisotopic (exact) mass is 108 g/mol. The molecule has 30 valence electrons. The molecule has 0 unspecified atom stereocenters. The van der Waals surface area contributed by atoms with Gasteiger partial charge in [-0.1, -0.05) is 7.43 Å². The van der Waals surface area contributed by atoms with Crippen LogP contribution in [0.1, 0.15) is 7.43 Å². The van der Waals surface area contributed by atoms with Crippen LogP contribution in [0.25, 0.3) is 0 Å². The first-order valence-corrected chi connectivity index (χ1v) is 0.463. The third-order valence-corrected chi connectivity index (χ3v) is 0. The SMILES string of the molecule is C.O.[Na+].[O-]Cl. The average molecular weight is 108 g/mol. The molecular formula is CH6ClNaO2. The Hall–Kier alpha value is 1.21. The van der Waals surface area contributed by atoms with Gasteiger partial charge in [0.2, 0.25) is 0 Å². The van der Waals surface area contributed by atoms with Gasteiger partial charge in [0.25, 0.3) is 0 Å². The van der Waals surface area contributed by atoms with Gasteiger partial charge in [-0.25, -0.2) is 11.9 Å². The minimum atomic E-state index is 0. The number of hydrogen-bond donors (Lipinski definition) is 0. The molecule has 0 rings (SSSR count). The van der Waals surface area contributed by atoms with E-state index in [9.17, 15) is 0 Å². The molecule has 2 N–H and O–H groups in total. The van der Waals surface area contributed by atoms with E-state index in [2.05, 4.69) is 11.9 Å². The molecule has 0 aliphatic rings. The molecule has 0 aromatic rings. The summed E-state index contributed by atoms with van der Waals surface area (Å²) in [5.74, 6) is 0. The second kappa shape index (κ2) is 63.1. The molecular weight excluding hydrogens is 102 g/mol. The van der Waals surface area contributed by atoms with E-state index in [-0.39, 0.29) is 42.5 Å². The van der Waals surface area contributed by atoms with Gasteiger partial charge >= 0.3 is 29.6 Å². The Morgan fingerprint density at radius 3 is 1.20 bits per heavy atom. The topological polar surface area (TPSA) is 54.6 Å². The number of halogens is 1. The largest absolute Gasteiger partial charge is 1.00 e. The van der Waals surface area contributed by atoms with Crippen molar-refractivity contribution < 1.29 is 39.7 Å². The Labute approximate surface area is 58.9 Å². The van der Waals surface area contributed by atoms with Crippen LogP contribution in [0.3, 0.4) is 0 Å². The van der Waals surface area contributed by atoms with Crippen molar-refractivity contribution in [2.45, 2.75) is 7.43 Å². The molecule has 4 heteroatoms. The van der Waals surface area contributed by atoms with Crippen LogP contribution in [0.5, 0.6) is 0 Å². The molecule has 0 heterocycles. The zero-order chi connectivity index (χ0) is 2.00. The molecule has 0 aliphatic carbocycles. The van der Waals surface area contributed by atoms with Gasteiger partial charge in [-0.05, 0) is 0 Å². The maximum absolute atomic E-state index is 7.72. The zero-order valence-electron chi connectivity index (χ0n) is 2.29. The van der Waals surface area contributed by atoms with E-state index in [4.69, 9.17) is 4.66 Å². The van der Waals surface area contributed by atoms with Gasteiger partial charge in [-0.3, -0.25) is 0 Å². The molecule has 5 heavy (non-hydrogen) atoms. The Kier molecular flexibility index (Phi) is 435. The van der Waals surface area contributed by atoms with Gasteiger partial charge in [0.05, 0.1) is 0 Å². The zero-order valence-corrected chi connectivity index (χ0v) is 5.04. The number of hydrogen-bond acceptors (Lipinski definition) is 1. The molecule has 0 fully saturated rings. The average Bonchev–Trinajstić information content (AvgIpc) is 1.00. The normalized spacial score (nSPS) is 1.20. The summed E-state index contributed by atoms with van der Waals surface area (Å²) >= 11 is 3.39. The van der Waals surface area contributed by atoms with Crippen molar-refractivity contribution in [1.29, 1.82) is 0 Å². The molecule has 0 aliphatic heterocycles. The van der Waals surface area contributed by atoms with Gasteiger partial charge in [0.15, 0.2) is 0 Å². The van der Waals surface area contributed by atoms with Crippen molar-refractivity contribution in [2.75, 3.05) is 0 Å². The van der Waals surface area contributed by atoms with E-state index in [0.717, 1.165) is 0 Å². The summed E-state index contributed by atoms with van der Waals surface area (Å²) in [5, 5.41) is 0. The predicted octanol–water partition coefficient (Wildman–Crippen LogP) is -3.68. The summed E-state index contributed by atoms with van der Waals surface area (Å²) in [6.07, 6.45) is 0. The molecule has 0 aromatic heterocycles. The first kappa shape index (κ1) is 34.5. The van der Waals surface area contributed by atoms with Gasteiger partial charge in [0, 0.05) is 0 Å². The minimum absolute atomic E-state index is 0. The number of rotatable bonds is 0. The Balaban J connectivity index is -0.00000000167. The van der Waals surface area contributed by atoms with Crippen molar-refractivity contribution in [1.82, 2.24) is 0 Å². The summed E-state index contributed by atoms with van der Waals surface area (Å²) < 4.78 is 7.72. The van der Waals surface area contributed by atoms with Gasteiger partial charge in [0.1, 0.15) is 0 Å². The van der Waals surface area contributed by atoms with Gasteiger partial charge in [-0.15, -0.1) is 0 Å². The molecule has 0 spiro atoms. The van der Waals surface area contributed by atoms with Crippen LogP contribution in [0, 0.1) is 0 Å². The molecule has 0 saturated heterocycles. The van der Waals surface area contributed by atoms with Crippen molar-refractivity contribution in [3.05, 3.63) is 0 Å². The summed E-state index contributed by atoms with van der Waals surface area (Å²) in [6, 6.07) is 0. The van der Waals surface area contributed by atoms with E-state index < -0.39 is 0 Å². The third-order valence-electron chi connectivity index (χ3n) is 0. The van der Waals surface area contributed by atoms with Crippen LogP contribution in [0.4, 0.5) is 0 Å². The maximum Gasteiger partial charge on any atom is 1.00 e. The van der Waals surface area contributed by atoms with Crippen molar-refractivity contribution >= 4 is 11.9 Å². The molecule has 0 saturated carbocycles. The third kappa shape index (κ3) is 36.7. The second-order valence-corrected chi connectivity index (χ2v) is 0. The first-order valence-electron chi connectivity index (χ1n) is 0.154. The molecule has 2 nitrogen and oxygen atoms in total. The summed E-state index contributed by atoms with van der Waals surface area (Å²) in [6.45, 7) is 0. The fourth-order valence-electron chi connectivity index (χ4n) is 0. The summed E-state index contributed by atoms with van der Waals surface area (Å²) in [5.41, 5.74) is 0.